The average Bonchev–Trinajstić information content (AvgIpc) is 2.03. The molecule has 52 valence electrons. The second-order valence-corrected chi connectivity index (χ2v) is 2.56. The Hall–Kier alpha value is -0.960. The zero-order valence-electron chi connectivity index (χ0n) is 5.28. The molecule has 1 aromatic carbocycles. The van der Waals surface area contributed by atoms with Gasteiger partial charge in [-0.25, -0.2) is 0 Å². The zero-order valence-corrected chi connectivity index (χ0v) is 6.10. The van der Waals surface area contributed by atoms with Gasteiger partial charge in [-0.15, -0.1) is 0 Å². The predicted molar refractivity (Wildman–Crippen MR) is 41.5 cm³/mol. The molecule has 1 rings (SSSR count). The van der Waals surface area contributed by atoms with Crippen LogP contribution in [-0.4, -0.2) is 6.41 Å². The molecule has 1 N–H and O–H groups in total. The van der Waals surface area contributed by atoms with Crippen LogP contribution in [0, 0.1) is 0 Å². The maximum Gasteiger partial charge on any atom is 0.217 e. The maximum atomic E-state index is 9.85. The lowest BCUT2D eigenvalue weighted by molar-refractivity contribution is -0.107. The molecule has 0 aliphatic rings. The monoisotopic (exact) mass is 153 g/mol. The number of hydrogen-bond donors (Lipinski definition) is 1. The second kappa shape index (κ2) is 3.95. The quantitative estimate of drug-likeness (QED) is 0.526. The van der Waals surface area contributed by atoms with E-state index in [-0.39, 0.29) is 0 Å². The summed E-state index contributed by atoms with van der Waals surface area (Å²) in [5.41, 5.74) is 0. The van der Waals surface area contributed by atoms with Gasteiger partial charge in [0.05, 0.1) is 0 Å². The highest BCUT2D eigenvalue weighted by Gasteiger charge is 1.86. The highest BCUT2D eigenvalue weighted by molar-refractivity contribution is 7.97. The number of hydrogen-bond acceptors (Lipinski definition) is 2. The molecule has 0 aliphatic carbocycles. The smallest absolute Gasteiger partial charge is 0.217 e. The van der Waals surface area contributed by atoms with Gasteiger partial charge >= 0.3 is 0 Å². The number of benzene rings is 1. The maximum absolute atomic E-state index is 9.85. The molecule has 1 amide bonds. The molecule has 0 bridgehead atoms. The molecule has 0 spiro atoms. The highest BCUT2D eigenvalue weighted by atomic mass is 32.2. The van der Waals surface area contributed by atoms with Gasteiger partial charge in [0.1, 0.15) is 0 Å². The van der Waals surface area contributed by atoms with Crippen molar-refractivity contribution in [2.24, 2.45) is 0 Å². The van der Waals surface area contributed by atoms with Gasteiger partial charge in [0.25, 0.3) is 0 Å². The Morgan fingerprint density at radius 3 is 2.60 bits per heavy atom. The molecule has 0 saturated carbocycles. The summed E-state index contributed by atoms with van der Waals surface area (Å²) >= 11 is 1.30. The van der Waals surface area contributed by atoms with Gasteiger partial charge in [-0.1, -0.05) is 18.2 Å². The first-order valence-corrected chi connectivity index (χ1v) is 3.66. The summed E-state index contributed by atoms with van der Waals surface area (Å²) in [6.45, 7) is 0. The topological polar surface area (TPSA) is 29.1 Å². The van der Waals surface area contributed by atoms with E-state index in [0.717, 1.165) is 4.90 Å². The van der Waals surface area contributed by atoms with Gasteiger partial charge < -0.3 is 0 Å². The summed E-state index contributed by atoms with van der Waals surface area (Å²) in [5.74, 6) is 0. The SMILES string of the molecule is O=CNSc1ccccc1. The summed E-state index contributed by atoms with van der Waals surface area (Å²) in [5, 5.41) is 0. The number of nitrogens with one attached hydrogen (secondary N) is 1. The summed E-state index contributed by atoms with van der Waals surface area (Å²) in [7, 11) is 0. The van der Waals surface area contributed by atoms with Crippen molar-refractivity contribution in [3.8, 4) is 0 Å². The fraction of sp³-hybridized carbons (Fsp3) is 0. The van der Waals surface area contributed by atoms with E-state index >= 15 is 0 Å². The molecule has 0 unspecified atom stereocenters. The van der Waals surface area contributed by atoms with Crippen LogP contribution in [0.3, 0.4) is 0 Å². The van der Waals surface area contributed by atoms with Crippen molar-refractivity contribution in [2.45, 2.75) is 4.90 Å². The van der Waals surface area contributed by atoms with Crippen molar-refractivity contribution in [2.75, 3.05) is 0 Å². The van der Waals surface area contributed by atoms with Gasteiger partial charge in [-0.05, 0) is 24.1 Å². The van der Waals surface area contributed by atoms with E-state index < -0.39 is 0 Å². The Kier molecular flexibility index (Phi) is 2.83. The van der Waals surface area contributed by atoms with Crippen molar-refractivity contribution >= 4 is 18.4 Å². The van der Waals surface area contributed by atoms with Gasteiger partial charge in [-0.2, -0.15) is 0 Å². The fourth-order valence-corrected chi connectivity index (χ4v) is 1.06. The van der Waals surface area contributed by atoms with Crippen LogP contribution in [0.25, 0.3) is 0 Å². The number of carbonyl (C=O) groups excluding carboxylic acids is 1. The van der Waals surface area contributed by atoms with E-state index in [2.05, 4.69) is 4.72 Å². The van der Waals surface area contributed by atoms with Crippen LogP contribution in [0.2, 0.25) is 0 Å². The van der Waals surface area contributed by atoms with E-state index in [4.69, 9.17) is 0 Å². The van der Waals surface area contributed by atoms with Crippen LogP contribution in [0.4, 0.5) is 0 Å². The highest BCUT2D eigenvalue weighted by Crippen LogP contribution is 2.11. The standard InChI is InChI=1S/C7H7NOS/c9-6-8-10-7-4-2-1-3-5-7/h1-6H,(H,8,9). The molecular weight excluding hydrogens is 146 g/mol. The van der Waals surface area contributed by atoms with Crippen LogP contribution in [-0.2, 0) is 4.79 Å². The first-order chi connectivity index (χ1) is 4.93. The van der Waals surface area contributed by atoms with E-state index in [1.807, 2.05) is 30.3 Å². The normalized spacial score (nSPS) is 8.80. The van der Waals surface area contributed by atoms with Crippen molar-refractivity contribution in [1.82, 2.24) is 4.72 Å². The molecule has 0 aromatic heterocycles. The molecule has 0 aliphatic heterocycles. The summed E-state index contributed by atoms with van der Waals surface area (Å²) in [4.78, 5) is 10.9. The fourth-order valence-electron chi connectivity index (χ4n) is 0.581. The lowest BCUT2D eigenvalue weighted by atomic mass is 10.4. The third-order valence-corrected chi connectivity index (χ3v) is 1.69. The Morgan fingerprint density at radius 1 is 1.30 bits per heavy atom. The molecule has 0 fully saturated rings. The van der Waals surface area contributed by atoms with Crippen LogP contribution < -0.4 is 4.72 Å². The first kappa shape index (κ1) is 7.15. The zero-order chi connectivity index (χ0) is 7.23. The number of rotatable bonds is 3. The molecule has 3 heteroatoms. The minimum absolute atomic E-state index is 0.664. The Morgan fingerprint density at radius 2 is 2.00 bits per heavy atom. The molecule has 1 aromatic rings. The Labute approximate surface area is 63.8 Å². The first-order valence-electron chi connectivity index (χ1n) is 2.84. The molecule has 0 heterocycles. The third kappa shape index (κ3) is 2.11. The molecule has 0 atom stereocenters. The number of carbonyl (C=O) groups is 1. The molecule has 10 heavy (non-hydrogen) atoms. The number of amides is 1. The van der Waals surface area contributed by atoms with Crippen molar-refractivity contribution in [3.63, 3.8) is 0 Å². The summed E-state index contributed by atoms with van der Waals surface area (Å²) < 4.78 is 2.50. The van der Waals surface area contributed by atoms with Crippen LogP contribution in [0.1, 0.15) is 0 Å². The van der Waals surface area contributed by atoms with Crippen molar-refractivity contribution < 1.29 is 4.79 Å². The van der Waals surface area contributed by atoms with E-state index in [0.29, 0.717) is 6.41 Å². The largest absolute Gasteiger partial charge is 0.299 e. The van der Waals surface area contributed by atoms with Crippen LogP contribution in [0.5, 0.6) is 0 Å². The minimum Gasteiger partial charge on any atom is -0.299 e. The minimum atomic E-state index is 0.664. The molecule has 2 nitrogen and oxygen atoms in total. The van der Waals surface area contributed by atoms with Crippen molar-refractivity contribution in [1.29, 1.82) is 0 Å². The van der Waals surface area contributed by atoms with E-state index in [1.165, 1.54) is 11.9 Å². The van der Waals surface area contributed by atoms with Gasteiger partial charge in [0, 0.05) is 4.90 Å². The molecule has 0 radical (unpaired) electrons. The Bertz CT molecular complexity index is 200. The molecular formula is C7H7NOS. The van der Waals surface area contributed by atoms with Gasteiger partial charge in [0.15, 0.2) is 0 Å². The van der Waals surface area contributed by atoms with E-state index in [9.17, 15) is 4.79 Å². The lowest BCUT2D eigenvalue weighted by Gasteiger charge is -1.94. The summed E-state index contributed by atoms with van der Waals surface area (Å²) in [6.07, 6.45) is 0.664. The second-order valence-electron chi connectivity index (χ2n) is 1.65. The van der Waals surface area contributed by atoms with Crippen LogP contribution >= 0.6 is 11.9 Å². The van der Waals surface area contributed by atoms with Crippen molar-refractivity contribution in [3.05, 3.63) is 30.3 Å². The third-order valence-electron chi connectivity index (χ3n) is 0.968. The lowest BCUT2D eigenvalue weighted by Crippen LogP contribution is -1.96. The Balaban J connectivity index is 2.50. The molecule has 0 saturated heterocycles. The van der Waals surface area contributed by atoms with Crippen LogP contribution in [0.15, 0.2) is 35.2 Å². The average molecular weight is 153 g/mol. The summed E-state index contributed by atoms with van der Waals surface area (Å²) in [6, 6.07) is 9.65. The van der Waals surface area contributed by atoms with Gasteiger partial charge in [-0.3, -0.25) is 9.52 Å². The van der Waals surface area contributed by atoms with E-state index in [1.54, 1.807) is 0 Å². The predicted octanol–water partition coefficient (Wildman–Crippen LogP) is 1.44. The van der Waals surface area contributed by atoms with Gasteiger partial charge in [0.2, 0.25) is 6.41 Å².